The van der Waals surface area contributed by atoms with Crippen molar-refractivity contribution in [1.29, 1.82) is 0 Å². The maximum atomic E-state index is 12.1. The topological polar surface area (TPSA) is 29.1 Å². The minimum absolute atomic E-state index is 0.122. The maximum Gasteiger partial charge on any atom is 0.224 e. The van der Waals surface area contributed by atoms with Crippen LogP contribution in [0.2, 0.25) is 5.02 Å². The van der Waals surface area contributed by atoms with Crippen molar-refractivity contribution in [2.24, 2.45) is 17.3 Å². The van der Waals surface area contributed by atoms with Gasteiger partial charge in [0.15, 0.2) is 0 Å². The molecule has 0 unspecified atom stereocenters. The number of carbonyl (C=O) groups is 1. The number of halogens is 1. The van der Waals surface area contributed by atoms with Crippen LogP contribution in [-0.2, 0) is 4.79 Å². The molecule has 0 saturated heterocycles. The van der Waals surface area contributed by atoms with Crippen LogP contribution in [0.3, 0.4) is 0 Å². The van der Waals surface area contributed by atoms with Gasteiger partial charge in [0.05, 0.1) is 0 Å². The highest BCUT2D eigenvalue weighted by atomic mass is 35.5. The van der Waals surface area contributed by atoms with Crippen molar-refractivity contribution in [1.82, 2.24) is 0 Å². The molecule has 1 fully saturated rings. The van der Waals surface area contributed by atoms with Crippen molar-refractivity contribution in [2.45, 2.75) is 52.9 Å². The number of carbonyl (C=O) groups excluding carboxylic acids is 1. The van der Waals surface area contributed by atoms with Crippen molar-refractivity contribution in [3.05, 3.63) is 29.3 Å². The molecule has 1 saturated carbocycles. The first-order valence-electron chi connectivity index (χ1n) is 7.90. The van der Waals surface area contributed by atoms with E-state index in [0.717, 1.165) is 11.6 Å². The standard InChI is InChI=1S/C18H26ClNO/c1-18(2,3)14-6-4-13(5-7-14)12-17(21)20-16-10-8-15(19)9-11-16/h8-11,13-14H,4-7,12H2,1-3H3,(H,20,21)/t13-,14+. The van der Waals surface area contributed by atoms with Crippen LogP contribution in [0.15, 0.2) is 24.3 Å². The van der Waals surface area contributed by atoms with Gasteiger partial charge >= 0.3 is 0 Å². The molecule has 3 heteroatoms. The van der Waals surface area contributed by atoms with E-state index in [0.29, 0.717) is 22.8 Å². The number of rotatable bonds is 3. The summed E-state index contributed by atoms with van der Waals surface area (Å²) in [5.41, 5.74) is 1.23. The molecule has 21 heavy (non-hydrogen) atoms. The van der Waals surface area contributed by atoms with E-state index in [1.807, 2.05) is 12.1 Å². The zero-order valence-corrected chi connectivity index (χ0v) is 14.0. The third kappa shape index (κ3) is 5.03. The lowest BCUT2D eigenvalue weighted by atomic mass is 9.69. The second-order valence-corrected chi connectivity index (χ2v) is 7.78. The van der Waals surface area contributed by atoms with E-state index in [-0.39, 0.29) is 5.91 Å². The van der Waals surface area contributed by atoms with Gasteiger partial charge in [0.1, 0.15) is 0 Å². The molecule has 0 aliphatic heterocycles. The Hall–Kier alpha value is -1.02. The van der Waals surface area contributed by atoms with Crippen molar-refractivity contribution < 1.29 is 4.79 Å². The minimum Gasteiger partial charge on any atom is -0.326 e. The lowest BCUT2D eigenvalue weighted by Crippen LogP contribution is -2.27. The number of hydrogen-bond acceptors (Lipinski definition) is 1. The predicted octanol–water partition coefficient (Wildman–Crippen LogP) is 5.52. The number of hydrogen-bond donors (Lipinski definition) is 1. The summed E-state index contributed by atoms with van der Waals surface area (Å²) >= 11 is 5.84. The van der Waals surface area contributed by atoms with Gasteiger partial charge in [-0.2, -0.15) is 0 Å². The molecule has 1 aliphatic rings. The normalized spacial score (nSPS) is 22.9. The fourth-order valence-corrected chi connectivity index (χ4v) is 3.37. The van der Waals surface area contributed by atoms with E-state index >= 15 is 0 Å². The third-order valence-electron chi connectivity index (χ3n) is 4.67. The van der Waals surface area contributed by atoms with E-state index in [1.165, 1.54) is 25.7 Å². The summed E-state index contributed by atoms with van der Waals surface area (Å²) in [4.78, 5) is 12.1. The van der Waals surface area contributed by atoms with E-state index in [4.69, 9.17) is 11.6 Å². The van der Waals surface area contributed by atoms with E-state index in [9.17, 15) is 4.79 Å². The van der Waals surface area contributed by atoms with Crippen LogP contribution in [0, 0.1) is 17.3 Å². The van der Waals surface area contributed by atoms with Gasteiger partial charge in [0.25, 0.3) is 0 Å². The average molecular weight is 308 g/mol. The summed E-state index contributed by atoms with van der Waals surface area (Å²) in [6, 6.07) is 7.28. The predicted molar refractivity (Wildman–Crippen MR) is 89.6 cm³/mol. The molecule has 0 aromatic heterocycles. The Morgan fingerprint density at radius 3 is 2.24 bits per heavy atom. The molecular formula is C18H26ClNO. The second kappa shape index (κ2) is 6.83. The van der Waals surface area contributed by atoms with Crippen molar-refractivity contribution in [3.8, 4) is 0 Å². The van der Waals surface area contributed by atoms with E-state index < -0.39 is 0 Å². The van der Waals surface area contributed by atoms with Crippen LogP contribution in [0.5, 0.6) is 0 Å². The smallest absolute Gasteiger partial charge is 0.224 e. The molecule has 0 atom stereocenters. The molecule has 2 rings (SSSR count). The molecule has 0 radical (unpaired) electrons. The summed E-state index contributed by atoms with van der Waals surface area (Å²) in [5, 5.41) is 3.65. The molecule has 116 valence electrons. The first-order chi connectivity index (χ1) is 9.84. The van der Waals surface area contributed by atoms with Crippen LogP contribution in [0.1, 0.15) is 52.9 Å². The highest BCUT2D eigenvalue weighted by Crippen LogP contribution is 2.40. The largest absolute Gasteiger partial charge is 0.326 e. The molecule has 1 N–H and O–H groups in total. The Balaban J connectivity index is 1.78. The van der Waals surface area contributed by atoms with Crippen molar-refractivity contribution in [2.75, 3.05) is 5.32 Å². The van der Waals surface area contributed by atoms with Gasteiger partial charge in [-0.3, -0.25) is 4.79 Å². The summed E-state index contributed by atoms with van der Waals surface area (Å²) in [6.45, 7) is 6.97. The Morgan fingerprint density at radius 1 is 1.14 bits per heavy atom. The molecule has 0 heterocycles. The second-order valence-electron chi connectivity index (χ2n) is 7.34. The van der Waals surface area contributed by atoms with E-state index in [2.05, 4.69) is 26.1 Å². The van der Waals surface area contributed by atoms with Gasteiger partial charge in [-0.25, -0.2) is 0 Å². The number of amides is 1. The Kier molecular flexibility index (Phi) is 5.32. The van der Waals surface area contributed by atoms with Gasteiger partial charge in [0.2, 0.25) is 5.91 Å². The van der Waals surface area contributed by atoms with Crippen LogP contribution < -0.4 is 5.32 Å². The Labute approximate surface area is 133 Å². The number of benzene rings is 1. The fraction of sp³-hybridized carbons (Fsp3) is 0.611. The van der Waals surface area contributed by atoms with Crippen molar-refractivity contribution in [3.63, 3.8) is 0 Å². The van der Waals surface area contributed by atoms with Crippen molar-refractivity contribution >= 4 is 23.2 Å². The molecule has 2 nitrogen and oxygen atoms in total. The summed E-state index contributed by atoms with van der Waals surface area (Å²) in [6.07, 6.45) is 5.50. The van der Waals surface area contributed by atoms with E-state index in [1.54, 1.807) is 12.1 Å². The molecule has 1 amide bonds. The Bertz CT molecular complexity index is 467. The van der Waals surface area contributed by atoms with Gasteiger partial charge in [-0.1, -0.05) is 32.4 Å². The third-order valence-corrected chi connectivity index (χ3v) is 4.93. The van der Waals surface area contributed by atoms with Gasteiger partial charge in [0, 0.05) is 17.1 Å². The molecule has 0 bridgehead atoms. The first kappa shape index (κ1) is 16.4. The van der Waals surface area contributed by atoms with Gasteiger partial charge < -0.3 is 5.32 Å². The maximum absolute atomic E-state index is 12.1. The lowest BCUT2D eigenvalue weighted by molar-refractivity contribution is -0.117. The van der Waals surface area contributed by atoms with Crippen LogP contribution >= 0.6 is 11.6 Å². The lowest BCUT2D eigenvalue weighted by Gasteiger charge is -2.36. The number of nitrogens with one attached hydrogen (secondary N) is 1. The summed E-state index contributed by atoms with van der Waals surface area (Å²) in [7, 11) is 0. The highest BCUT2D eigenvalue weighted by molar-refractivity contribution is 6.30. The summed E-state index contributed by atoms with van der Waals surface area (Å²) in [5.74, 6) is 1.46. The molecule has 1 aromatic rings. The highest BCUT2D eigenvalue weighted by Gasteiger charge is 2.30. The molecule has 0 spiro atoms. The first-order valence-corrected chi connectivity index (χ1v) is 8.28. The van der Waals surface area contributed by atoms with Gasteiger partial charge in [-0.15, -0.1) is 0 Å². The zero-order chi connectivity index (χ0) is 15.5. The number of anilines is 1. The fourth-order valence-electron chi connectivity index (χ4n) is 3.24. The monoisotopic (exact) mass is 307 g/mol. The molecular weight excluding hydrogens is 282 g/mol. The van der Waals surface area contributed by atoms with Gasteiger partial charge in [-0.05, 0) is 67.2 Å². The zero-order valence-electron chi connectivity index (χ0n) is 13.3. The molecule has 1 aliphatic carbocycles. The Morgan fingerprint density at radius 2 is 1.71 bits per heavy atom. The van der Waals surface area contributed by atoms with Crippen LogP contribution in [-0.4, -0.2) is 5.91 Å². The average Bonchev–Trinajstić information content (AvgIpc) is 2.41. The van der Waals surface area contributed by atoms with Crippen LogP contribution in [0.4, 0.5) is 5.69 Å². The van der Waals surface area contributed by atoms with Crippen LogP contribution in [0.25, 0.3) is 0 Å². The quantitative estimate of drug-likeness (QED) is 0.782. The minimum atomic E-state index is 0.122. The molecule has 1 aromatic carbocycles. The summed E-state index contributed by atoms with van der Waals surface area (Å²) < 4.78 is 0. The SMILES string of the molecule is CC(C)(C)[C@H]1CC[C@@H](CC(=O)Nc2ccc(Cl)cc2)CC1.